The van der Waals surface area contributed by atoms with E-state index in [2.05, 4.69) is 75.8 Å². The summed E-state index contributed by atoms with van der Waals surface area (Å²) in [6.45, 7) is 18.6. The van der Waals surface area contributed by atoms with Crippen LogP contribution in [-0.2, 0) is 0 Å². The molecule has 0 aromatic heterocycles. The quantitative estimate of drug-likeness (QED) is 0.420. The molecule has 2 aliphatic heterocycles. The van der Waals surface area contributed by atoms with Crippen molar-refractivity contribution in [1.82, 2.24) is 9.80 Å². The predicted molar refractivity (Wildman–Crippen MR) is 134 cm³/mol. The molecule has 2 heterocycles. The Kier molecular flexibility index (Phi) is 7.33. The fourth-order valence-corrected chi connectivity index (χ4v) is 7.31. The van der Waals surface area contributed by atoms with Crippen molar-refractivity contribution in [3.63, 3.8) is 0 Å². The SMILES string of the molecule is CC1(C)CC(Nc2c([O-])[c+](NC3CC(C)(C)N(CCO)C(C)(C)C3)[c+]2[O-])CC(C)(C)N1CCO. The van der Waals surface area contributed by atoms with Crippen molar-refractivity contribution in [3.8, 4) is 11.5 Å². The van der Waals surface area contributed by atoms with Crippen molar-refractivity contribution in [1.29, 1.82) is 0 Å². The van der Waals surface area contributed by atoms with Crippen molar-refractivity contribution >= 4 is 11.4 Å². The Bertz CT molecular complexity index is 721. The summed E-state index contributed by atoms with van der Waals surface area (Å²) < 4.78 is 0. The Morgan fingerprint density at radius 3 is 1.53 bits per heavy atom. The summed E-state index contributed by atoms with van der Waals surface area (Å²) >= 11 is 0. The van der Waals surface area contributed by atoms with Gasteiger partial charge in [-0.3, -0.25) is 9.80 Å². The summed E-state index contributed by atoms with van der Waals surface area (Å²) in [6, 6.07) is 0.0351. The highest BCUT2D eigenvalue weighted by atomic mass is 16.3. The summed E-state index contributed by atoms with van der Waals surface area (Å²) in [4.78, 5) is 4.64. The Labute approximate surface area is 205 Å². The van der Waals surface area contributed by atoms with Crippen LogP contribution in [-0.4, -0.2) is 80.6 Å². The molecule has 194 valence electrons. The highest BCUT2D eigenvalue weighted by Gasteiger charge is 2.48. The molecule has 8 heteroatoms. The lowest BCUT2D eigenvalue weighted by Crippen LogP contribution is -2.63. The van der Waals surface area contributed by atoms with Crippen LogP contribution in [0.3, 0.4) is 0 Å². The van der Waals surface area contributed by atoms with Crippen LogP contribution in [0.25, 0.3) is 0 Å². The second-order valence-corrected chi connectivity index (χ2v) is 12.9. The minimum Gasteiger partial charge on any atom is -0.790 e. The fourth-order valence-electron chi connectivity index (χ4n) is 7.31. The Morgan fingerprint density at radius 1 is 0.794 bits per heavy atom. The molecule has 0 aliphatic carbocycles. The van der Waals surface area contributed by atoms with E-state index in [9.17, 15) is 20.4 Å². The van der Waals surface area contributed by atoms with Crippen molar-refractivity contribution < 1.29 is 20.4 Å². The Hall–Kier alpha value is -1.48. The highest BCUT2D eigenvalue weighted by molar-refractivity contribution is 5.90. The maximum Gasteiger partial charge on any atom is 0.249 e. The van der Waals surface area contributed by atoms with Crippen molar-refractivity contribution in [2.24, 2.45) is 0 Å². The maximum atomic E-state index is 13.0. The van der Waals surface area contributed by atoms with Gasteiger partial charge in [-0.2, -0.15) is 0 Å². The number of hydrogen-bond donors (Lipinski definition) is 4. The molecule has 2 fully saturated rings. The van der Waals surface area contributed by atoms with E-state index in [1.807, 2.05) is 0 Å². The van der Waals surface area contributed by atoms with Gasteiger partial charge in [-0.1, -0.05) is 0 Å². The zero-order chi connectivity index (χ0) is 25.7. The molecule has 2 aliphatic rings. The number of nitrogens with one attached hydrogen (secondary N) is 2. The Balaban J connectivity index is 1.70. The number of aliphatic hydroxyl groups is 2. The molecule has 0 atom stereocenters. The van der Waals surface area contributed by atoms with Gasteiger partial charge in [0.1, 0.15) is 0 Å². The van der Waals surface area contributed by atoms with Crippen molar-refractivity contribution in [2.75, 3.05) is 36.9 Å². The average Bonchev–Trinajstić information content (AvgIpc) is 2.68. The number of aliphatic hydroxyl groups excluding tert-OH is 2. The van der Waals surface area contributed by atoms with E-state index >= 15 is 0 Å². The van der Waals surface area contributed by atoms with Gasteiger partial charge >= 0.3 is 0 Å². The first-order valence-electron chi connectivity index (χ1n) is 12.7. The van der Waals surface area contributed by atoms with Gasteiger partial charge in [-0.15, -0.1) is 0 Å². The van der Waals surface area contributed by atoms with Crippen molar-refractivity contribution in [3.05, 3.63) is 0 Å². The van der Waals surface area contributed by atoms with Crippen molar-refractivity contribution in [2.45, 2.75) is 115 Å². The normalized spacial score (nSPS) is 25.5. The number of hydrogen-bond acceptors (Lipinski definition) is 8. The molecular formula is C26H46N4O4. The molecule has 0 spiro atoms. The maximum absolute atomic E-state index is 13.0. The zero-order valence-corrected chi connectivity index (χ0v) is 22.4. The lowest BCUT2D eigenvalue weighted by Gasteiger charge is -2.55. The van der Waals surface area contributed by atoms with E-state index in [0.717, 1.165) is 25.7 Å². The lowest BCUT2D eigenvalue weighted by atomic mass is 9.76. The van der Waals surface area contributed by atoms with Crippen LogP contribution in [0.15, 0.2) is 0 Å². The number of nitrogens with zero attached hydrogens (tertiary/aromatic N) is 2. The van der Waals surface area contributed by atoms with Gasteiger partial charge in [0.05, 0.1) is 13.2 Å². The van der Waals surface area contributed by atoms with E-state index in [4.69, 9.17) is 0 Å². The largest absolute Gasteiger partial charge is 0.790 e. The van der Waals surface area contributed by atoms with Crippen LogP contribution in [0, 0.1) is 0 Å². The molecule has 0 radical (unpaired) electrons. The molecule has 1 aromatic carbocycles. The number of rotatable bonds is 8. The smallest absolute Gasteiger partial charge is 0.249 e. The molecular weight excluding hydrogens is 432 g/mol. The molecule has 3 rings (SSSR count). The van der Waals surface area contributed by atoms with Gasteiger partial charge in [-0.25, -0.2) is 0 Å². The second-order valence-electron chi connectivity index (χ2n) is 12.9. The monoisotopic (exact) mass is 478 g/mol. The highest BCUT2D eigenvalue weighted by Crippen LogP contribution is 2.51. The van der Waals surface area contributed by atoms with E-state index < -0.39 is 0 Å². The predicted octanol–water partition coefficient (Wildman–Crippen LogP) is 2.12. The van der Waals surface area contributed by atoms with Gasteiger partial charge < -0.3 is 31.1 Å². The number of anilines is 2. The molecule has 1 aromatic rings. The third-order valence-electron chi connectivity index (χ3n) is 8.16. The minimum atomic E-state index is -0.216. The second kappa shape index (κ2) is 9.19. The summed E-state index contributed by atoms with van der Waals surface area (Å²) in [5.74, 6) is -0.432. The number of likely N-dealkylation sites (tertiary alicyclic amines) is 2. The molecule has 4 N–H and O–H groups in total. The lowest BCUT2D eigenvalue weighted by molar-refractivity contribution is -0.287. The van der Waals surface area contributed by atoms with Crippen LogP contribution < -0.4 is 20.8 Å². The van der Waals surface area contributed by atoms with E-state index in [-0.39, 0.29) is 70.3 Å². The molecule has 0 saturated carbocycles. The van der Waals surface area contributed by atoms with Gasteiger partial charge in [0.15, 0.2) is 11.5 Å². The first-order valence-corrected chi connectivity index (χ1v) is 12.7. The van der Waals surface area contributed by atoms with E-state index in [0.29, 0.717) is 13.1 Å². The first-order chi connectivity index (χ1) is 15.6. The summed E-state index contributed by atoms with van der Waals surface area (Å²) in [7, 11) is 0. The fraction of sp³-hybridized carbons (Fsp3) is 0.846. The van der Waals surface area contributed by atoms with Crippen LogP contribution in [0.2, 0.25) is 0 Å². The average molecular weight is 479 g/mol. The molecule has 0 unspecified atom stereocenters. The van der Waals surface area contributed by atoms with E-state index in [1.54, 1.807) is 0 Å². The third kappa shape index (κ3) is 5.06. The first kappa shape index (κ1) is 27.1. The number of β-amino-alcohol motifs (C(OH)–C–C–N with tert-alkyl or cyclic N) is 2. The summed E-state index contributed by atoms with van der Waals surface area (Å²) in [6.07, 6.45) is 3.15. The minimum absolute atomic E-state index is 0.0176. The van der Waals surface area contributed by atoms with Crippen LogP contribution in [0.5, 0.6) is 11.5 Å². The van der Waals surface area contributed by atoms with Crippen LogP contribution in [0.1, 0.15) is 81.1 Å². The zero-order valence-electron chi connectivity index (χ0n) is 22.4. The van der Waals surface area contributed by atoms with Gasteiger partial charge in [0, 0.05) is 47.3 Å². The standard InChI is InChI=1S/C26H46N4O4/c1-23(2)13-17(14-24(3,4)29(23)9-11-31)27-19-21(33)20(22(19)34)28-18-15-25(5,6)30(10-12-32)26(7,8)16-18/h17-18,27-28,31-32H,9-16H2,1-8H3. The number of piperidine rings is 2. The van der Waals surface area contributed by atoms with Gasteiger partial charge in [-0.05, 0) is 81.1 Å². The topological polar surface area (TPSA) is 117 Å². The molecule has 0 amide bonds. The van der Waals surface area contributed by atoms with Crippen LogP contribution >= 0.6 is 0 Å². The summed E-state index contributed by atoms with van der Waals surface area (Å²) in [5.41, 5.74) is -0.255. The Morgan fingerprint density at radius 2 is 1.18 bits per heavy atom. The summed E-state index contributed by atoms with van der Waals surface area (Å²) in [5, 5.41) is 51.6. The molecule has 0 bridgehead atoms. The van der Waals surface area contributed by atoms with Gasteiger partial charge in [0.25, 0.3) is 0 Å². The van der Waals surface area contributed by atoms with Gasteiger partial charge in [0.2, 0.25) is 11.4 Å². The molecule has 2 saturated heterocycles. The van der Waals surface area contributed by atoms with E-state index in [1.165, 1.54) is 0 Å². The molecule has 34 heavy (non-hydrogen) atoms. The molecule has 8 nitrogen and oxygen atoms in total. The third-order valence-corrected chi connectivity index (χ3v) is 8.16. The van der Waals surface area contributed by atoms with Crippen LogP contribution in [0.4, 0.5) is 11.4 Å².